The number of hydrogen-bond acceptors (Lipinski definition) is 6. The summed E-state index contributed by atoms with van der Waals surface area (Å²) in [5.41, 5.74) is 0. The van der Waals surface area contributed by atoms with Gasteiger partial charge in [-0.2, -0.15) is 0 Å². The molecule has 6 nitrogen and oxygen atoms in total. The topological polar surface area (TPSA) is 78.9 Å². The van der Waals surface area contributed by atoms with Gasteiger partial charge < -0.3 is 14.2 Å². The van der Waals surface area contributed by atoms with E-state index in [1.165, 1.54) is 12.2 Å². The summed E-state index contributed by atoms with van der Waals surface area (Å²) in [7, 11) is 0. The van der Waals surface area contributed by atoms with Crippen LogP contribution in [0.25, 0.3) is 0 Å². The number of esters is 3. The lowest BCUT2D eigenvalue weighted by Crippen LogP contribution is -2.31. The molecule has 0 aromatic rings. The maximum Gasteiger partial charge on any atom is 0.348 e. The highest BCUT2D eigenvalue weighted by atomic mass is 16.6. The lowest BCUT2D eigenvalue weighted by Gasteiger charge is -2.14. The molecule has 0 saturated heterocycles. The van der Waals surface area contributed by atoms with Crippen LogP contribution in [0.3, 0.4) is 0 Å². The Morgan fingerprint density at radius 2 is 1.67 bits per heavy atom. The van der Waals surface area contributed by atoms with Crippen molar-refractivity contribution in [3.05, 3.63) is 25.3 Å². The second-order valence-corrected chi connectivity index (χ2v) is 3.19. The van der Waals surface area contributed by atoms with Gasteiger partial charge in [0.1, 0.15) is 13.2 Å². The van der Waals surface area contributed by atoms with E-state index in [-0.39, 0.29) is 13.2 Å². The highest BCUT2D eigenvalue weighted by molar-refractivity contribution is 5.84. The summed E-state index contributed by atoms with van der Waals surface area (Å²) in [5, 5.41) is 0. The highest BCUT2D eigenvalue weighted by Crippen LogP contribution is 2.04. The first kappa shape index (κ1) is 15.9. The summed E-state index contributed by atoms with van der Waals surface area (Å²) < 4.78 is 14.1. The van der Waals surface area contributed by atoms with Crippen LogP contribution in [-0.4, -0.2) is 37.2 Å². The van der Waals surface area contributed by atoms with E-state index in [2.05, 4.69) is 22.6 Å². The Balaban J connectivity index is 4.42. The fourth-order valence-electron chi connectivity index (χ4n) is 0.970. The van der Waals surface area contributed by atoms with Crippen LogP contribution in [-0.2, 0) is 28.6 Å². The predicted octanol–water partition coefficient (Wildman–Crippen LogP) is 0.767. The summed E-state index contributed by atoms with van der Waals surface area (Å²) in [4.78, 5) is 33.6. The second-order valence-electron chi connectivity index (χ2n) is 3.19. The summed E-state index contributed by atoms with van der Waals surface area (Å²) in [6, 6.07) is 0. The van der Waals surface area contributed by atoms with Crippen LogP contribution < -0.4 is 0 Å². The number of carbonyl (C=O) groups excluding carboxylic acids is 3. The lowest BCUT2D eigenvalue weighted by molar-refractivity contribution is -0.169. The molecular weight excluding hydrogens is 240 g/mol. The molecule has 0 amide bonds. The van der Waals surface area contributed by atoms with Crippen molar-refractivity contribution in [2.45, 2.75) is 19.4 Å². The molecule has 6 heteroatoms. The van der Waals surface area contributed by atoms with Crippen LogP contribution in [0.2, 0.25) is 0 Å². The van der Waals surface area contributed by atoms with Gasteiger partial charge in [-0.25, -0.2) is 4.79 Å². The number of hydrogen-bond donors (Lipinski definition) is 0. The molecular formula is C12H16O6. The van der Waals surface area contributed by atoms with Crippen molar-refractivity contribution in [3.8, 4) is 0 Å². The maximum atomic E-state index is 11.5. The van der Waals surface area contributed by atoms with Crippen molar-refractivity contribution < 1.29 is 28.6 Å². The fraction of sp³-hybridized carbons (Fsp3) is 0.417. The standard InChI is InChI=1S/C12H16O6/c1-4-6-16-11(14)8-10(18-9(3)13)12(15)17-7-5-2/h4-5,10H,1-2,6-8H2,3H3. The average molecular weight is 256 g/mol. The minimum absolute atomic E-state index is 0.0212. The van der Waals surface area contributed by atoms with Gasteiger partial charge in [-0.3, -0.25) is 9.59 Å². The van der Waals surface area contributed by atoms with Gasteiger partial charge in [0, 0.05) is 6.92 Å². The summed E-state index contributed by atoms with van der Waals surface area (Å²) in [6.45, 7) is 7.86. The Morgan fingerprint density at radius 3 is 2.17 bits per heavy atom. The molecule has 0 aromatic heterocycles. The molecule has 0 aromatic carbocycles. The molecule has 100 valence electrons. The Hall–Kier alpha value is -2.11. The SMILES string of the molecule is C=CCOC(=O)CC(OC(C)=O)C(=O)OCC=C. The molecule has 0 aliphatic carbocycles. The zero-order valence-corrected chi connectivity index (χ0v) is 10.2. The molecule has 0 saturated carbocycles. The van der Waals surface area contributed by atoms with Crippen molar-refractivity contribution in [2.75, 3.05) is 13.2 Å². The van der Waals surface area contributed by atoms with Crippen LogP contribution in [0.5, 0.6) is 0 Å². The first-order valence-corrected chi connectivity index (χ1v) is 5.22. The molecule has 0 spiro atoms. The van der Waals surface area contributed by atoms with Gasteiger partial charge in [0.05, 0.1) is 6.42 Å². The zero-order chi connectivity index (χ0) is 14.0. The van der Waals surface area contributed by atoms with E-state index < -0.39 is 30.4 Å². The molecule has 0 heterocycles. The smallest absolute Gasteiger partial charge is 0.348 e. The summed E-state index contributed by atoms with van der Waals surface area (Å²) >= 11 is 0. The molecule has 0 radical (unpaired) electrons. The summed E-state index contributed by atoms with van der Waals surface area (Å²) in [5.74, 6) is -2.19. The molecule has 18 heavy (non-hydrogen) atoms. The third-order valence-electron chi connectivity index (χ3n) is 1.63. The third kappa shape index (κ3) is 7.21. The van der Waals surface area contributed by atoms with E-state index in [9.17, 15) is 14.4 Å². The Bertz CT molecular complexity index is 333. The zero-order valence-electron chi connectivity index (χ0n) is 10.2. The minimum Gasteiger partial charge on any atom is -0.461 e. The van der Waals surface area contributed by atoms with Gasteiger partial charge in [-0.1, -0.05) is 25.3 Å². The highest BCUT2D eigenvalue weighted by Gasteiger charge is 2.26. The Kier molecular flexibility index (Phi) is 7.92. The summed E-state index contributed by atoms with van der Waals surface area (Å²) in [6.07, 6.45) is 1.04. The van der Waals surface area contributed by atoms with E-state index in [0.29, 0.717) is 0 Å². The lowest BCUT2D eigenvalue weighted by atomic mass is 10.2. The van der Waals surface area contributed by atoms with Gasteiger partial charge >= 0.3 is 17.9 Å². The van der Waals surface area contributed by atoms with Crippen LogP contribution in [0.1, 0.15) is 13.3 Å². The van der Waals surface area contributed by atoms with Gasteiger partial charge in [0.15, 0.2) is 0 Å². The van der Waals surface area contributed by atoms with E-state index in [1.54, 1.807) is 0 Å². The molecule has 0 aliphatic heterocycles. The van der Waals surface area contributed by atoms with Crippen LogP contribution in [0, 0.1) is 0 Å². The number of carbonyl (C=O) groups is 3. The van der Waals surface area contributed by atoms with Crippen molar-refractivity contribution in [1.82, 2.24) is 0 Å². The predicted molar refractivity (Wildman–Crippen MR) is 62.5 cm³/mol. The van der Waals surface area contributed by atoms with E-state index in [0.717, 1.165) is 6.92 Å². The Labute approximate surface area is 105 Å². The first-order chi connectivity index (χ1) is 8.51. The number of ether oxygens (including phenoxy) is 3. The van der Waals surface area contributed by atoms with Gasteiger partial charge in [0.25, 0.3) is 0 Å². The normalized spacial score (nSPS) is 10.9. The first-order valence-electron chi connectivity index (χ1n) is 5.22. The third-order valence-corrected chi connectivity index (χ3v) is 1.63. The van der Waals surface area contributed by atoms with E-state index in [4.69, 9.17) is 4.74 Å². The molecule has 0 bridgehead atoms. The molecule has 0 fully saturated rings. The maximum absolute atomic E-state index is 11.5. The molecule has 0 aliphatic rings. The quantitative estimate of drug-likeness (QED) is 0.362. The Morgan fingerprint density at radius 1 is 1.11 bits per heavy atom. The molecule has 0 N–H and O–H groups in total. The second kappa shape index (κ2) is 8.98. The largest absolute Gasteiger partial charge is 0.461 e. The molecule has 1 unspecified atom stereocenters. The number of rotatable bonds is 8. The molecule has 1 atom stereocenters. The van der Waals surface area contributed by atoms with Gasteiger partial charge in [0.2, 0.25) is 6.10 Å². The minimum atomic E-state index is -1.31. The van der Waals surface area contributed by atoms with Crippen LogP contribution in [0.4, 0.5) is 0 Å². The van der Waals surface area contributed by atoms with E-state index in [1.807, 2.05) is 0 Å². The van der Waals surface area contributed by atoms with Crippen LogP contribution >= 0.6 is 0 Å². The van der Waals surface area contributed by atoms with Crippen molar-refractivity contribution in [3.63, 3.8) is 0 Å². The van der Waals surface area contributed by atoms with Gasteiger partial charge in [-0.05, 0) is 0 Å². The van der Waals surface area contributed by atoms with Gasteiger partial charge in [-0.15, -0.1) is 0 Å². The van der Waals surface area contributed by atoms with Crippen molar-refractivity contribution in [1.29, 1.82) is 0 Å². The monoisotopic (exact) mass is 256 g/mol. The average Bonchev–Trinajstić information content (AvgIpc) is 2.32. The van der Waals surface area contributed by atoms with Crippen LogP contribution in [0.15, 0.2) is 25.3 Å². The molecule has 0 rings (SSSR count). The van der Waals surface area contributed by atoms with Crippen molar-refractivity contribution >= 4 is 17.9 Å². The fourth-order valence-corrected chi connectivity index (χ4v) is 0.970. The van der Waals surface area contributed by atoms with Crippen molar-refractivity contribution in [2.24, 2.45) is 0 Å². The van der Waals surface area contributed by atoms with E-state index >= 15 is 0 Å².